The van der Waals surface area contributed by atoms with Gasteiger partial charge in [0.2, 0.25) is 0 Å². The van der Waals surface area contributed by atoms with Gasteiger partial charge < -0.3 is 9.73 Å². The predicted molar refractivity (Wildman–Crippen MR) is 229 cm³/mol. The molecular formula is C51H39N3O. The lowest BCUT2D eigenvalue weighted by Crippen LogP contribution is -2.37. The van der Waals surface area contributed by atoms with Crippen LogP contribution < -0.4 is 5.32 Å². The van der Waals surface area contributed by atoms with E-state index in [0.29, 0.717) is 0 Å². The molecule has 4 nitrogen and oxygen atoms in total. The van der Waals surface area contributed by atoms with Crippen LogP contribution in [0.2, 0.25) is 0 Å². The van der Waals surface area contributed by atoms with Gasteiger partial charge in [-0.15, -0.1) is 0 Å². The second-order valence-electron chi connectivity index (χ2n) is 15.2. The number of rotatable bonds is 5. The fourth-order valence-electron chi connectivity index (χ4n) is 8.81. The minimum atomic E-state index is -0.413. The van der Waals surface area contributed by atoms with Crippen molar-refractivity contribution in [2.45, 2.75) is 44.7 Å². The van der Waals surface area contributed by atoms with E-state index in [1.807, 2.05) is 0 Å². The molecule has 0 saturated carbocycles. The summed E-state index contributed by atoms with van der Waals surface area (Å²) in [7, 11) is 0. The van der Waals surface area contributed by atoms with E-state index < -0.39 is 6.17 Å². The number of nitrogens with one attached hydrogen (secondary N) is 1. The third-order valence-corrected chi connectivity index (χ3v) is 11.8. The van der Waals surface area contributed by atoms with Crippen LogP contribution in [-0.2, 0) is 0 Å². The quantitative estimate of drug-likeness (QED) is 0.193. The van der Waals surface area contributed by atoms with E-state index in [1.54, 1.807) is 0 Å². The van der Waals surface area contributed by atoms with Crippen LogP contribution in [0.1, 0.15) is 55.8 Å². The van der Waals surface area contributed by atoms with Crippen molar-refractivity contribution in [1.29, 1.82) is 0 Å². The maximum Gasteiger partial charge on any atom is 0.169 e. The van der Waals surface area contributed by atoms with Crippen molar-refractivity contribution in [3.8, 4) is 11.1 Å². The van der Waals surface area contributed by atoms with E-state index in [2.05, 4.69) is 157 Å². The molecule has 0 radical (unpaired) electrons. The Labute approximate surface area is 320 Å². The summed E-state index contributed by atoms with van der Waals surface area (Å²) in [6.07, 6.45) is 17.7. The van der Waals surface area contributed by atoms with E-state index in [4.69, 9.17) is 14.4 Å². The van der Waals surface area contributed by atoms with Crippen LogP contribution in [0.5, 0.6) is 0 Å². The molecule has 1 aliphatic heterocycles. The smallest absolute Gasteiger partial charge is 0.169 e. The fraction of sp³-hybridized carbons (Fsp3) is 0.137. The zero-order valence-electron chi connectivity index (χ0n) is 30.6. The first kappa shape index (κ1) is 32.0. The highest BCUT2D eigenvalue weighted by molar-refractivity contribution is 6.17. The summed E-state index contributed by atoms with van der Waals surface area (Å²) in [4.78, 5) is 10.6. The Kier molecular flexibility index (Phi) is 7.61. The molecule has 0 amide bonds. The van der Waals surface area contributed by atoms with Gasteiger partial charge in [-0.2, -0.15) is 0 Å². The van der Waals surface area contributed by atoms with Gasteiger partial charge in [-0.25, -0.2) is 9.98 Å². The largest absolute Gasteiger partial charge is 0.456 e. The number of fused-ring (bicyclic) bond motifs is 5. The SMILES string of the molecule is C1=CCCC(C2=CC3=C(C=C(C4=NC(c5ccc6c(c5)oc5cc(-c7ccc8ccccc8c7)ccc56)N=C(c5ccc6ccccc6c5)N4)CC3)CC2)=C1. The molecule has 1 unspecified atom stereocenters. The summed E-state index contributed by atoms with van der Waals surface area (Å²) >= 11 is 0. The zero-order chi connectivity index (χ0) is 36.3. The first-order valence-electron chi connectivity index (χ1n) is 19.6. The van der Waals surface area contributed by atoms with Gasteiger partial charge in [0.15, 0.2) is 6.17 Å². The van der Waals surface area contributed by atoms with Gasteiger partial charge in [0.1, 0.15) is 22.8 Å². The number of allylic oxidation sites excluding steroid dienone is 9. The van der Waals surface area contributed by atoms with E-state index in [9.17, 15) is 0 Å². The van der Waals surface area contributed by atoms with Gasteiger partial charge >= 0.3 is 0 Å². The molecule has 11 rings (SSSR count). The molecule has 2 heterocycles. The highest BCUT2D eigenvalue weighted by Crippen LogP contribution is 2.39. The van der Waals surface area contributed by atoms with E-state index >= 15 is 0 Å². The van der Waals surface area contributed by atoms with Gasteiger partial charge in [-0.1, -0.05) is 121 Å². The monoisotopic (exact) mass is 709 g/mol. The molecule has 1 atom stereocenters. The molecule has 3 aliphatic carbocycles. The topological polar surface area (TPSA) is 49.9 Å². The maximum absolute atomic E-state index is 6.60. The number of hydrogen-bond donors (Lipinski definition) is 1. The van der Waals surface area contributed by atoms with Gasteiger partial charge in [0.25, 0.3) is 0 Å². The Morgan fingerprint density at radius 3 is 1.89 bits per heavy atom. The van der Waals surface area contributed by atoms with Crippen molar-refractivity contribution >= 4 is 55.2 Å². The summed E-state index contributed by atoms with van der Waals surface area (Å²) in [5, 5.41) is 10.8. The standard InChI is InChI=1S/C51H39N3O/c1-2-8-32(9-3-1)37-17-18-40-29-43(21-19-38(40)27-37)50-52-49(42-20-15-34-11-5-7-13-36(34)28-42)53-51(54-50)44-23-25-46-45-24-22-41(30-47(45)55-48(46)31-44)39-16-14-33-10-4-6-12-35(33)26-39/h1-2,4-8,10-16,20,22-31,51H,3,9,17-19,21H2,(H,52,53,54). The molecule has 7 aromatic rings. The van der Waals surface area contributed by atoms with Crippen molar-refractivity contribution in [3.63, 3.8) is 0 Å². The van der Waals surface area contributed by atoms with Crippen LogP contribution >= 0.6 is 0 Å². The molecule has 1 N–H and O–H groups in total. The third-order valence-electron chi connectivity index (χ3n) is 11.8. The summed E-state index contributed by atoms with van der Waals surface area (Å²) in [5.41, 5.74) is 13.3. The van der Waals surface area contributed by atoms with Crippen molar-refractivity contribution in [2.24, 2.45) is 9.98 Å². The minimum Gasteiger partial charge on any atom is -0.456 e. The molecule has 0 bridgehead atoms. The van der Waals surface area contributed by atoms with Gasteiger partial charge in [-0.3, -0.25) is 0 Å². The highest BCUT2D eigenvalue weighted by Gasteiger charge is 2.26. The Balaban J connectivity index is 0.971. The molecule has 0 spiro atoms. The summed E-state index contributed by atoms with van der Waals surface area (Å²) in [6.45, 7) is 0. The zero-order valence-corrected chi connectivity index (χ0v) is 30.6. The normalized spacial score (nSPS) is 18.5. The first-order valence-corrected chi connectivity index (χ1v) is 19.6. The van der Waals surface area contributed by atoms with Gasteiger partial charge in [0.05, 0.1) is 0 Å². The number of nitrogens with zero attached hydrogens (tertiary/aromatic N) is 2. The molecule has 264 valence electrons. The average molecular weight is 710 g/mol. The Morgan fingerprint density at radius 2 is 1.13 bits per heavy atom. The number of furan rings is 1. The molecule has 4 aliphatic rings. The van der Waals surface area contributed by atoms with E-state index in [1.165, 1.54) is 55.0 Å². The molecule has 4 heteroatoms. The summed E-state index contributed by atoms with van der Waals surface area (Å²) < 4.78 is 6.60. The number of hydrogen-bond acceptors (Lipinski definition) is 4. The second kappa shape index (κ2) is 13.1. The number of aliphatic imine (C=N–C) groups is 2. The third kappa shape index (κ3) is 5.86. The van der Waals surface area contributed by atoms with Crippen molar-refractivity contribution in [2.75, 3.05) is 0 Å². The van der Waals surface area contributed by atoms with Crippen LogP contribution in [0.4, 0.5) is 0 Å². The van der Waals surface area contributed by atoms with Gasteiger partial charge in [0, 0.05) is 21.9 Å². The van der Waals surface area contributed by atoms with E-state index in [0.717, 1.165) is 88.8 Å². The average Bonchev–Trinajstić information content (AvgIpc) is 3.63. The molecule has 1 aromatic heterocycles. The summed E-state index contributed by atoms with van der Waals surface area (Å²) in [5.74, 6) is 1.75. The van der Waals surface area contributed by atoms with Crippen LogP contribution in [0.15, 0.2) is 194 Å². The minimum absolute atomic E-state index is 0.413. The van der Waals surface area contributed by atoms with Gasteiger partial charge in [-0.05, 0) is 129 Å². The molecular weight excluding hydrogens is 671 g/mol. The Hall–Kier alpha value is -6.52. The lowest BCUT2D eigenvalue weighted by molar-refractivity contribution is 0.665. The Bertz CT molecular complexity index is 2960. The van der Waals surface area contributed by atoms with Crippen molar-refractivity contribution in [1.82, 2.24) is 5.32 Å². The maximum atomic E-state index is 6.60. The summed E-state index contributed by atoms with van der Waals surface area (Å²) in [6, 6.07) is 43.3. The van der Waals surface area contributed by atoms with Crippen LogP contribution in [0.3, 0.4) is 0 Å². The molecule has 0 saturated heterocycles. The van der Waals surface area contributed by atoms with Crippen LogP contribution in [0.25, 0.3) is 54.6 Å². The lowest BCUT2D eigenvalue weighted by atomic mass is 9.81. The lowest BCUT2D eigenvalue weighted by Gasteiger charge is -2.28. The second-order valence-corrected chi connectivity index (χ2v) is 15.2. The number of amidine groups is 2. The van der Waals surface area contributed by atoms with E-state index in [-0.39, 0.29) is 0 Å². The molecule has 6 aromatic carbocycles. The Morgan fingerprint density at radius 1 is 0.509 bits per heavy atom. The first-order chi connectivity index (χ1) is 27.2. The molecule has 0 fully saturated rings. The van der Waals surface area contributed by atoms with Crippen molar-refractivity contribution in [3.05, 3.63) is 191 Å². The van der Waals surface area contributed by atoms with Crippen molar-refractivity contribution < 1.29 is 4.42 Å². The predicted octanol–water partition coefficient (Wildman–Crippen LogP) is 13.0. The highest BCUT2D eigenvalue weighted by atomic mass is 16.3. The number of benzene rings is 6. The fourth-order valence-corrected chi connectivity index (χ4v) is 8.81. The van der Waals surface area contributed by atoms with Crippen LogP contribution in [0, 0.1) is 0 Å². The molecule has 55 heavy (non-hydrogen) atoms. The van der Waals surface area contributed by atoms with Crippen LogP contribution in [-0.4, -0.2) is 11.7 Å².